The number of halogens is 1. The van der Waals surface area contributed by atoms with E-state index < -0.39 is 11.4 Å². The lowest BCUT2D eigenvalue weighted by Gasteiger charge is -2.11. The van der Waals surface area contributed by atoms with Crippen molar-refractivity contribution in [2.75, 3.05) is 0 Å². The molecule has 2 aromatic carbocycles. The highest BCUT2D eigenvalue weighted by atomic mass is 32.1. The number of aromatic nitrogens is 3. The molecule has 0 fully saturated rings. The lowest BCUT2D eigenvalue weighted by Crippen LogP contribution is -2.24. The maximum Gasteiger partial charge on any atom is 0.266 e. The zero-order valence-electron chi connectivity index (χ0n) is 18.0. The number of benzene rings is 2. The summed E-state index contributed by atoms with van der Waals surface area (Å²) in [6.45, 7) is 4.11. The molecular weight excluding hydrogens is 443 g/mol. The third-order valence-corrected chi connectivity index (χ3v) is 5.15. The topological polar surface area (TPSA) is 89.0 Å². The molecule has 2 N–H and O–H groups in total. The highest BCUT2D eigenvalue weighted by Crippen LogP contribution is 2.16. The van der Waals surface area contributed by atoms with E-state index in [9.17, 15) is 14.0 Å². The molecule has 1 amide bonds. The number of fused-ring (bicyclic) bond motifs is 1. The van der Waals surface area contributed by atoms with E-state index >= 15 is 0 Å². The zero-order valence-corrected chi connectivity index (χ0v) is 18.8. The molecule has 0 saturated heterocycles. The summed E-state index contributed by atoms with van der Waals surface area (Å²) in [7, 11) is 0. The molecule has 168 valence electrons. The fraction of sp³-hybridized carbons (Fsp3) is 0.167. The molecule has 7 nitrogen and oxygen atoms in total. The largest absolute Gasteiger partial charge is 0.475 e. The van der Waals surface area contributed by atoms with E-state index in [1.165, 1.54) is 24.3 Å². The van der Waals surface area contributed by atoms with Crippen LogP contribution < -0.4 is 15.6 Å². The highest BCUT2D eigenvalue weighted by Gasteiger charge is 2.13. The second-order valence-electron chi connectivity index (χ2n) is 7.64. The normalized spacial score (nSPS) is 11.0. The minimum atomic E-state index is -0.562. The first kappa shape index (κ1) is 22.3. The Kier molecular flexibility index (Phi) is 6.32. The molecule has 0 bridgehead atoms. The number of aromatic amines is 1. The van der Waals surface area contributed by atoms with Gasteiger partial charge in [0, 0.05) is 24.4 Å². The van der Waals surface area contributed by atoms with Crippen LogP contribution in [0.4, 0.5) is 4.39 Å². The van der Waals surface area contributed by atoms with Crippen LogP contribution in [0.2, 0.25) is 0 Å². The van der Waals surface area contributed by atoms with Gasteiger partial charge in [0.25, 0.3) is 11.5 Å². The standard InChI is InChI=1S/C24H21FN4O3S/c1-14(2)32-21-10-7-15(12-26-21)13-27-22(30)16-8-9-17-19(11-16)28-24(33)29(23(17)31)20-6-4-3-5-18(20)25/h3-12,14H,13H2,1-2H3,(H,27,30)(H,28,33). The summed E-state index contributed by atoms with van der Waals surface area (Å²) in [4.78, 5) is 32.8. The van der Waals surface area contributed by atoms with Gasteiger partial charge in [0.05, 0.1) is 22.7 Å². The molecule has 0 aliphatic rings. The number of H-pyrrole nitrogens is 1. The van der Waals surface area contributed by atoms with Gasteiger partial charge in [0.1, 0.15) is 5.82 Å². The van der Waals surface area contributed by atoms with E-state index in [0.29, 0.717) is 17.0 Å². The Hall–Kier alpha value is -3.85. The number of nitrogens with zero attached hydrogens (tertiary/aromatic N) is 2. The van der Waals surface area contributed by atoms with Gasteiger partial charge in [-0.15, -0.1) is 0 Å². The van der Waals surface area contributed by atoms with Crippen molar-refractivity contribution in [2.45, 2.75) is 26.5 Å². The Morgan fingerprint density at radius 2 is 2.00 bits per heavy atom. The SMILES string of the molecule is CC(C)Oc1ccc(CNC(=O)c2ccc3c(=O)n(-c4ccccc4F)c(=S)[nH]c3c2)cn1. The van der Waals surface area contributed by atoms with Gasteiger partial charge in [-0.05, 0) is 62.0 Å². The van der Waals surface area contributed by atoms with E-state index in [0.717, 1.165) is 10.1 Å². The molecule has 33 heavy (non-hydrogen) atoms. The van der Waals surface area contributed by atoms with Gasteiger partial charge >= 0.3 is 0 Å². The molecule has 0 radical (unpaired) electrons. The number of rotatable bonds is 6. The van der Waals surface area contributed by atoms with Crippen LogP contribution in [0.5, 0.6) is 5.88 Å². The number of hydrogen-bond acceptors (Lipinski definition) is 5. The van der Waals surface area contributed by atoms with Crippen molar-refractivity contribution in [2.24, 2.45) is 0 Å². The van der Waals surface area contributed by atoms with Gasteiger partial charge in [-0.3, -0.25) is 9.59 Å². The van der Waals surface area contributed by atoms with Crippen LogP contribution in [0, 0.1) is 10.6 Å². The quantitative estimate of drug-likeness (QED) is 0.416. The number of amides is 1. The Bertz CT molecular complexity index is 1450. The lowest BCUT2D eigenvalue weighted by molar-refractivity contribution is 0.0951. The molecule has 2 aromatic heterocycles. The number of para-hydroxylation sites is 1. The fourth-order valence-electron chi connectivity index (χ4n) is 3.32. The first-order chi connectivity index (χ1) is 15.8. The number of ether oxygens (including phenoxy) is 1. The van der Waals surface area contributed by atoms with Crippen LogP contribution >= 0.6 is 12.2 Å². The predicted molar refractivity (Wildman–Crippen MR) is 126 cm³/mol. The van der Waals surface area contributed by atoms with Crippen molar-refractivity contribution in [1.29, 1.82) is 0 Å². The van der Waals surface area contributed by atoms with Crippen LogP contribution in [0.25, 0.3) is 16.6 Å². The van der Waals surface area contributed by atoms with E-state index in [-0.39, 0.29) is 34.4 Å². The van der Waals surface area contributed by atoms with Gasteiger partial charge in [-0.2, -0.15) is 0 Å². The fourth-order valence-corrected chi connectivity index (χ4v) is 3.61. The van der Waals surface area contributed by atoms with Crippen molar-refractivity contribution in [1.82, 2.24) is 19.9 Å². The molecule has 0 saturated carbocycles. The third kappa shape index (κ3) is 4.83. The molecule has 0 atom stereocenters. The first-order valence-corrected chi connectivity index (χ1v) is 10.7. The molecular formula is C24H21FN4O3S. The summed E-state index contributed by atoms with van der Waals surface area (Å²) in [5, 5.41) is 3.11. The summed E-state index contributed by atoms with van der Waals surface area (Å²) < 4.78 is 20.9. The monoisotopic (exact) mass is 464 g/mol. The maximum atomic E-state index is 14.2. The summed E-state index contributed by atoms with van der Waals surface area (Å²) >= 11 is 5.29. The smallest absolute Gasteiger partial charge is 0.266 e. The van der Waals surface area contributed by atoms with Gasteiger partial charge in [-0.1, -0.05) is 18.2 Å². The van der Waals surface area contributed by atoms with E-state index in [4.69, 9.17) is 17.0 Å². The van der Waals surface area contributed by atoms with Gasteiger partial charge in [-0.25, -0.2) is 13.9 Å². The van der Waals surface area contributed by atoms with E-state index in [2.05, 4.69) is 15.3 Å². The Balaban J connectivity index is 1.56. The Morgan fingerprint density at radius 1 is 1.21 bits per heavy atom. The molecule has 0 aliphatic heterocycles. The zero-order chi connectivity index (χ0) is 23.5. The van der Waals surface area contributed by atoms with Gasteiger partial charge in [0.2, 0.25) is 5.88 Å². The first-order valence-electron chi connectivity index (χ1n) is 10.3. The van der Waals surface area contributed by atoms with Gasteiger partial charge < -0.3 is 15.0 Å². The van der Waals surface area contributed by atoms with Crippen molar-refractivity contribution in [3.63, 3.8) is 0 Å². The average molecular weight is 465 g/mol. The Labute approximate surface area is 193 Å². The Morgan fingerprint density at radius 3 is 2.70 bits per heavy atom. The maximum absolute atomic E-state index is 14.2. The number of nitrogens with one attached hydrogen (secondary N) is 2. The van der Waals surface area contributed by atoms with Crippen LogP contribution in [0.3, 0.4) is 0 Å². The molecule has 0 aliphatic carbocycles. The van der Waals surface area contributed by atoms with E-state index in [1.807, 2.05) is 19.9 Å². The van der Waals surface area contributed by atoms with Crippen LogP contribution in [0.1, 0.15) is 29.8 Å². The number of carbonyl (C=O) groups excluding carboxylic acids is 1. The minimum Gasteiger partial charge on any atom is -0.475 e. The summed E-state index contributed by atoms with van der Waals surface area (Å²) in [6, 6.07) is 14.1. The summed E-state index contributed by atoms with van der Waals surface area (Å²) in [5.41, 5.74) is 1.14. The highest BCUT2D eigenvalue weighted by molar-refractivity contribution is 7.71. The van der Waals surface area contributed by atoms with Gasteiger partial charge in [0.15, 0.2) is 4.77 Å². The number of hydrogen-bond donors (Lipinski definition) is 2. The minimum absolute atomic E-state index is 0.0271. The van der Waals surface area contributed by atoms with Crippen LogP contribution in [-0.4, -0.2) is 26.5 Å². The van der Waals surface area contributed by atoms with Crippen molar-refractivity contribution in [3.05, 3.63) is 92.9 Å². The van der Waals surface area contributed by atoms with Crippen molar-refractivity contribution in [3.8, 4) is 11.6 Å². The summed E-state index contributed by atoms with van der Waals surface area (Å²) in [6.07, 6.45) is 1.67. The molecule has 9 heteroatoms. The number of pyridine rings is 1. The summed E-state index contributed by atoms with van der Waals surface area (Å²) in [5.74, 6) is -0.365. The number of carbonyl (C=O) groups is 1. The van der Waals surface area contributed by atoms with Crippen LogP contribution in [-0.2, 0) is 6.54 Å². The van der Waals surface area contributed by atoms with Crippen LogP contribution in [0.15, 0.2) is 65.6 Å². The molecule has 4 aromatic rings. The average Bonchev–Trinajstić information content (AvgIpc) is 2.79. The second-order valence-corrected chi connectivity index (χ2v) is 8.02. The van der Waals surface area contributed by atoms with Crippen molar-refractivity contribution < 1.29 is 13.9 Å². The van der Waals surface area contributed by atoms with Crippen molar-refractivity contribution >= 4 is 29.0 Å². The lowest BCUT2D eigenvalue weighted by atomic mass is 10.1. The second kappa shape index (κ2) is 9.33. The predicted octanol–water partition coefficient (Wildman–Crippen LogP) is 4.30. The molecule has 0 spiro atoms. The molecule has 0 unspecified atom stereocenters. The molecule has 4 rings (SSSR count). The van der Waals surface area contributed by atoms with E-state index in [1.54, 1.807) is 30.5 Å². The molecule has 2 heterocycles. The third-order valence-electron chi connectivity index (χ3n) is 4.86.